The minimum Gasteiger partial charge on any atom is -0.369 e. The molecule has 4 aromatic rings. The maximum absolute atomic E-state index is 5.97. The number of aromatic nitrogens is 2. The van der Waals surface area contributed by atoms with Crippen molar-refractivity contribution in [2.75, 3.05) is 0 Å². The standard InChI is InChI=1S/C21H17ClN6/c22-16-9-6-14(7-10-16)20-25-17-11-8-15(12-18(17)26-20)19(27-28-21(23)24)13-4-2-1-3-5-13/h1-12H,(H,25,26)(H4,23,24,28)/b27-19-. The Kier molecular flexibility index (Phi) is 4.78. The first-order valence-corrected chi connectivity index (χ1v) is 8.96. The van der Waals surface area contributed by atoms with Crippen molar-refractivity contribution in [3.8, 4) is 11.4 Å². The summed E-state index contributed by atoms with van der Waals surface area (Å²) in [7, 11) is 0. The van der Waals surface area contributed by atoms with Gasteiger partial charge in [0.2, 0.25) is 5.96 Å². The molecule has 0 fully saturated rings. The second kappa shape index (κ2) is 7.54. The van der Waals surface area contributed by atoms with Crippen LogP contribution in [-0.2, 0) is 0 Å². The van der Waals surface area contributed by atoms with Gasteiger partial charge in [0.1, 0.15) is 11.5 Å². The number of fused-ring (bicyclic) bond motifs is 1. The molecule has 3 aromatic carbocycles. The number of halogens is 1. The number of rotatable bonds is 4. The molecule has 4 rings (SSSR count). The molecule has 0 aliphatic rings. The van der Waals surface area contributed by atoms with E-state index in [4.69, 9.17) is 23.1 Å². The van der Waals surface area contributed by atoms with Crippen molar-refractivity contribution in [2.45, 2.75) is 0 Å². The summed E-state index contributed by atoms with van der Waals surface area (Å²) in [4.78, 5) is 8.00. The fourth-order valence-corrected chi connectivity index (χ4v) is 3.01. The molecule has 0 spiro atoms. The van der Waals surface area contributed by atoms with Crippen LogP contribution in [-0.4, -0.2) is 21.6 Å². The summed E-state index contributed by atoms with van der Waals surface area (Å²) in [5.74, 6) is 0.673. The van der Waals surface area contributed by atoms with Gasteiger partial charge in [-0.05, 0) is 36.4 Å². The van der Waals surface area contributed by atoms with Gasteiger partial charge < -0.3 is 16.5 Å². The molecule has 0 radical (unpaired) electrons. The number of H-pyrrole nitrogens is 1. The molecule has 0 unspecified atom stereocenters. The predicted molar refractivity (Wildman–Crippen MR) is 114 cm³/mol. The molecular formula is C21H17ClN6. The zero-order valence-electron chi connectivity index (χ0n) is 14.8. The van der Waals surface area contributed by atoms with Gasteiger partial charge in [-0.2, -0.15) is 0 Å². The summed E-state index contributed by atoms with van der Waals surface area (Å²) < 4.78 is 0. The topological polar surface area (TPSA) is 105 Å². The smallest absolute Gasteiger partial charge is 0.211 e. The number of nitrogens with zero attached hydrogens (tertiary/aromatic N) is 3. The van der Waals surface area contributed by atoms with Crippen molar-refractivity contribution in [1.82, 2.24) is 9.97 Å². The van der Waals surface area contributed by atoms with Gasteiger partial charge in [-0.1, -0.05) is 48.0 Å². The molecule has 138 valence electrons. The third-order valence-electron chi connectivity index (χ3n) is 4.19. The fraction of sp³-hybridized carbons (Fsp3) is 0. The van der Waals surface area contributed by atoms with E-state index in [1.807, 2.05) is 72.8 Å². The normalized spacial score (nSPS) is 11.5. The highest BCUT2D eigenvalue weighted by atomic mass is 35.5. The molecule has 7 heteroatoms. The third kappa shape index (κ3) is 3.72. The Labute approximate surface area is 166 Å². The van der Waals surface area contributed by atoms with Crippen LogP contribution < -0.4 is 11.5 Å². The van der Waals surface area contributed by atoms with E-state index in [-0.39, 0.29) is 5.96 Å². The predicted octanol–water partition coefficient (Wildman–Crippen LogP) is 3.91. The van der Waals surface area contributed by atoms with E-state index in [2.05, 4.69) is 20.2 Å². The maximum Gasteiger partial charge on any atom is 0.211 e. The Morgan fingerprint density at radius 3 is 2.32 bits per heavy atom. The van der Waals surface area contributed by atoms with Crippen LogP contribution in [0.15, 0.2) is 83.0 Å². The van der Waals surface area contributed by atoms with E-state index in [9.17, 15) is 0 Å². The Balaban J connectivity index is 1.79. The second-order valence-corrected chi connectivity index (χ2v) is 6.60. The zero-order valence-corrected chi connectivity index (χ0v) is 15.6. The van der Waals surface area contributed by atoms with E-state index in [1.54, 1.807) is 0 Å². The molecule has 0 saturated carbocycles. The van der Waals surface area contributed by atoms with Gasteiger partial charge in [0.15, 0.2) is 0 Å². The Bertz CT molecular complexity index is 1170. The molecule has 5 N–H and O–H groups in total. The van der Waals surface area contributed by atoms with E-state index >= 15 is 0 Å². The van der Waals surface area contributed by atoms with Crippen LogP contribution in [0, 0.1) is 0 Å². The number of hydrogen-bond acceptors (Lipinski definition) is 3. The fourth-order valence-electron chi connectivity index (χ4n) is 2.89. The number of benzene rings is 3. The minimum absolute atomic E-state index is 0.0962. The molecule has 6 nitrogen and oxygen atoms in total. The number of nitrogens with two attached hydrogens (primary N) is 2. The highest BCUT2D eigenvalue weighted by Gasteiger charge is 2.11. The average Bonchev–Trinajstić information content (AvgIpc) is 3.13. The average molecular weight is 389 g/mol. The summed E-state index contributed by atoms with van der Waals surface area (Å²) in [5, 5.41) is 8.78. The molecule has 28 heavy (non-hydrogen) atoms. The van der Waals surface area contributed by atoms with Crippen LogP contribution in [0.1, 0.15) is 11.1 Å². The molecule has 0 aliphatic heterocycles. The van der Waals surface area contributed by atoms with Crippen molar-refractivity contribution in [3.05, 3.63) is 88.9 Å². The van der Waals surface area contributed by atoms with Gasteiger partial charge >= 0.3 is 0 Å². The van der Waals surface area contributed by atoms with Gasteiger partial charge in [-0.25, -0.2) is 4.98 Å². The first-order valence-electron chi connectivity index (χ1n) is 8.58. The maximum atomic E-state index is 5.97. The van der Waals surface area contributed by atoms with Crippen molar-refractivity contribution < 1.29 is 0 Å². The summed E-state index contributed by atoms with van der Waals surface area (Å²) in [6.45, 7) is 0. The first kappa shape index (κ1) is 17.8. The first-order chi connectivity index (χ1) is 13.6. The van der Waals surface area contributed by atoms with Gasteiger partial charge in [-0.3, -0.25) is 0 Å². The van der Waals surface area contributed by atoms with Crippen LogP contribution in [0.5, 0.6) is 0 Å². The van der Waals surface area contributed by atoms with Crippen LogP contribution in [0.4, 0.5) is 0 Å². The van der Waals surface area contributed by atoms with Gasteiger partial charge in [0.25, 0.3) is 0 Å². The van der Waals surface area contributed by atoms with Crippen molar-refractivity contribution >= 4 is 34.3 Å². The number of nitrogens with one attached hydrogen (secondary N) is 1. The largest absolute Gasteiger partial charge is 0.369 e. The lowest BCUT2D eigenvalue weighted by Crippen LogP contribution is -2.22. The summed E-state index contributed by atoms with van der Waals surface area (Å²) >= 11 is 5.97. The van der Waals surface area contributed by atoms with E-state index in [0.717, 1.165) is 33.5 Å². The van der Waals surface area contributed by atoms with Crippen LogP contribution >= 0.6 is 11.6 Å². The molecule has 0 saturated heterocycles. The number of imidazole rings is 1. The molecule has 1 aromatic heterocycles. The van der Waals surface area contributed by atoms with E-state index in [0.29, 0.717) is 10.7 Å². The van der Waals surface area contributed by atoms with Gasteiger partial charge in [-0.15, -0.1) is 10.2 Å². The molecule has 0 atom stereocenters. The number of guanidine groups is 1. The minimum atomic E-state index is -0.0962. The summed E-state index contributed by atoms with van der Waals surface area (Å²) in [5.41, 5.74) is 16.1. The Morgan fingerprint density at radius 1 is 0.857 bits per heavy atom. The highest BCUT2D eigenvalue weighted by Crippen LogP contribution is 2.24. The lowest BCUT2D eigenvalue weighted by molar-refractivity contribution is 1.20. The van der Waals surface area contributed by atoms with Gasteiger partial charge in [0, 0.05) is 21.7 Å². The SMILES string of the molecule is NC(N)=N/N=C(/c1ccccc1)c1ccc2nc(-c3ccc(Cl)cc3)[nH]c2c1. The van der Waals surface area contributed by atoms with Gasteiger partial charge in [0.05, 0.1) is 11.0 Å². The number of hydrogen-bond donors (Lipinski definition) is 3. The lowest BCUT2D eigenvalue weighted by atomic mass is 10.0. The molecule has 0 amide bonds. The lowest BCUT2D eigenvalue weighted by Gasteiger charge is -2.05. The van der Waals surface area contributed by atoms with Crippen molar-refractivity contribution in [1.29, 1.82) is 0 Å². The highest BCUT2D eigenvalue weighted by molar-refractivity contribution is 6.30. The van der Waals surface area contributed by atoms with E-state index in [1.165, 1.54) is 0 Å². The van der Waals surface area contributed by atoms with Crippen LogP contribution in [0.2, 0.25) is 5.02 Å². The summed E-state index contributed by atoms with van der Waals surface area (Å²) in [6, 6.07) is 23.1. The molecule has 0 bridgehead atoms. The Morgan fingerprint density at radius 2 is 1.61 bits per heavy atom. The molecule has 0 aliphatic carbocycles. The van der Waals surface area contributed by atoms with Crippen molar-refractivity contribution in [3.63, 3.8) is 0 Å². The number of aromatic amines is 1. The molecular weight excluding hydrogens is 372 g/mol. The van der Waals surface area contributed by atoms with Crippen LogP contribution in [0.3, 0.4) is 0 Å². The Hall–Kier alpha value is -3.64. The monoisotopic (exact) mass is 388 g/mol. The van der Waals surface area contributed by atoms with Crippen LogP contribution in [0.25, 0.3) is 22.4 Å². The third-order valence-corrected chi connectivity index (χ3v) is 4.44. The molecule has 1 heterocycles. The van der Waals surface area contributed by atoms with Crippen molar-refractivity contribution in [2.24, 2.45) is 21.7 Å². The zero-order chi connectivity index (χ0) is 19.5. The quantitative estimate of drug-likeness (QED) is 0.280. The van der Waals surface area contributed by atoms with E-state index < -0.39 is 0 Å². The second-order valence-electron chi connectivity index (χ2n) is 6.16. The summed E-state index contributed by atoms with van der Waals surface area (Å²) in [6.07, 6.45) is 0.